The molecule has 21 heavy (non-hydrogen) atoms. The van der Waals surface area contributed by atoms with Gasteiger partial charge in [0, 0.05) is 25.7 Å². The summed E-state index contributed by atoms with van der Waals surface area (Å²) in [5, 5.41) is 0. The fourth-order valence-corrected chi connectivity index (χ4v) is 6.56. The minimum absolute atomic E-state index is 0.230. The van der Waals surface area contributed by atoms with Crippen LogP contribution in [0.3, 0.4) is 0 Å². The summed E-state index contributed by atoms with van der Waals surface area (Å²) in [6.45, 7) is 0.737. The Morgan fingerprint density at radius 1 is 0.857 bits per heavy atom. The summed E-state index contributed by atoms with van der Waals surface area (Å²) in [5.41, 5.74) is 0. The first-order chi connectivity index (χ1) is 10.1. The molecule has 0 aromatic carbocycles. The van der Waals surface area contributed by atoms with Gasteiger partial charge in [0.05, 0.1) is 0 Å². The van der Waals surface area contributed by atoms with Gasteiger partial charge < -0.3 is 0 Å². The van der Waals surface area contributed by atoms with Crippen molar-refractivity contribution in [1.82, 2.24) is 8.61 Å². The Morgan fingerprint density at radius 3 is 2.14 bits per heavy atom. The van der Waals surface area contributed by atoms with Gasteiger partial charge in [-0.3, -0.25) is 0 Å². The Labute approximate surface area is 130 Å². The SMILES string of the molecule is CN(C1CCCCC1)S(=O)(=O)N1CCC[C@@H]1C1CCCC1. The molecular formula is C16H30N2O2S. The first kappa shape index (κ1) is 15.8. The van der Waals surface area contributed by atoms with Crippen LogP contribution in [0.15, 0.2) is 0 Å². The molecule has 0 aromatic heterocycles. The molecule has 1 heterocycles. The fourth-order valence-electron chi connectivity index (χ4n) is 4.66. The molecular weight excluding hydrogens is 284 g/mol. The van der Waals surface area contributed by atoms with E-state index in [2.05, 4.69) is 0 Å². The van der Waals surface area contributed by atoms with Crippen molar-refractivity contribution in [3.63, 3.8) is 0 Å². The van der Waals surface area contributed by atoms with E-state index >= 15 is 0 Å². The molecule has 1 atom stereocenters. The Kier molecular flexibility index (Phi) is 4.91. The molecule has 0 bridgehead atoms. The molecule has 0 radical (unpaired) electrons. The van der Waals surface area contributed by atoms with Crippen LogP contribution in [0, 0.1) is 5.92 Å². The van der Waals surface area contributed by atoms with Crippen LogP contribution in [0.25, 0.3) is 0 Å². The molecule has 0 N–H and O–H groups in total. The highest BCUT2D eigenvalue weighted by Gasteiger charge is 2.42. The first-order valence-corrected chi connectivity index (χ1v) is 10.2. The Morgan fingerprint density at radius 2 is 1.48 bits per heavy atom. The van der Waals surface area contributed by atoms with Crippen LogP contribution in [0.5, 0.6) is 0 Å². The van der Waals surface area contributed by atoms with Crippen LogP contribution < -0.4 is 0 Å². The normalized spacial score (nSPS) is 30.5. The quantitative estimate of drug-likeness (QED) is 0.800. The second kappa shape index (κ2) is 6.55. The molecule has 2 aliphatic carbocycles. The zero-order chi connectivity index (χ0) is 14.9. The van der Waals surface area contributed by atoms with Crippen LogP contribution >= 0.6 is 0 Å². The molecule has 3 aliphatic rings. The topological polar surface area (TPSA) is 40.6 Å². The molecule has 3 rings (SSSR count). The summed E-state index contributed by atoms with van der Waals surface area (Å²) < 4.78 is 29.7. The highest BCUT2D eigenvalue weighted by atomic mass is 32.2. The van der Waals surface area contributed by atoms with Crippen molar-refractivity contribution in [2.75, 3.05) is 13.6 Å². The number of hydrogen-bond acceptors (Lipinski definition) is 2. The molecule has 3 fully saturated rings. The molecule has 0 spiro atoms. The molecule has 5 heteroatoms. The van der Waals surface area contributed by atoms with Gasteiger partial charge in [0.15, 0.2) is 0 Å². The summed E-state index contributed by atoms with van der Waals surface area (Å²) in [5.74, 6) is 0.613. The van der Waals surface area contributed by atoms with Crippen molar-refractivity contribution < 1.29 is 8.42 Å². The lowest BCUT2D eigenvalue weighted by atomic mass is 9.96. The van der Waals surface area contributed by atoms with E-state index in [1.165, 1.54) is 44.9 Å². The van der Waals surface area contributed by atoms with E-state index < -0.39 is 10.2 Å². The Hall–Kier alpha value is -0.130. The van der Waals surface area contributed by atoms with E-state index in [4.69, 9.17) is 0 Å². The van der Waals surface area contributed by atoms with Crippen LogP contribution in [-0.2, 0) is 10.2 Å². The summed E-state index contributed by atoms with van der Waals surface area (Å²) in [7, 11) is -1.44. The van der Waals surface area contributed by atoms with Gasteiger partial charge in [-0.2, -0.15) is 17.0 Å². The Balaban J connectivity index is 1.73. The van der Waals surface area contributed by atoms with Crippen LogP contribution in [0.1, 0.15) is 70.6 Å². The van der Waals surface area contributed by atoms with E-state index in [0.717, 1.165) is 32.2 Å². The summed E-state index contributed by atoms with van der Waals surface area (Å²) in [6.07, 6.45) is 12.8. The Bertz CT molecular complexity index is 439. The van der Waals surface area contributed by atoms with Gasteiger partial charge >= 0.3 is 0 Å². The molecule has 0 unspecified atom stereocenters. The van der Waals surface area contributed by atoms with Crippen molar-refractivity contribution >= 4 is 10.2 Å². The van der Waals surface area contributed by atoms with Gasteiger partial charge in [-0.15, -0.1) is 0 Å². The van der Waals surface area contributed by atoms with E-state index in [0.29, 0.717) is 5.92 Å². The molecule has 1 saturated heterocycles. The maximum Gasteiger partial charge on any atom is 0.282 e. The maximum absolute atomic E-state index is 13.1. The first-order valence-electron chi connectivity index (χ1n) is 8.85. The summed E-state index contributed by atoms with van der Waals surface area (Å²) in [4.78, 5) is 0. The smallest absolute Gasteiger partial charge is 0.195 e. The summed E-state index contributed by atoms with van der Waals surface area (Å²) >= 11 is 0. The van der Waals surface area contributed by atoms with Gasteiger partial charge in [0.25, 0.3) is 10.2 Å². The molecule has 0 amide bonds. The average Bonchev–Trinajstić information content (AvgIpc) is 3.17. The van der Waals surface area contributed by atoms with Gasteiger partial charge in [-0.1, -0.05) is 32.1 Å². The molecule has 0 aromatic rings. The van der Waals surface area contributed by atoms with Crippen molar-refractivity contribution in [3.05, 3.63) is 0 Å². The van der Waals surface area contributed by atoms with Crippen molar-refractivity contribution in [1.29, 1.82) is 0 Å². The monoisotopic (exact) mass is 314 g/mol. The predicted octanol–water partition coefficient (Wildman–Crippen LogP) is 3.15. The third-order valence-electron chi connectivity index (χ3n) is 5.94. The van der Waals surface area contributed by atoms with E-state index in [9.17, 15) is 8.42 Å². The molecule has 122 valence electrons. The van der Waals surface area contributed by atoms with E-state index in [1.807, 2.05) is 11.4 Å². The lowest BCUT2D eigenvalue weighted by Gasteiger charge is -2.36. The van der Waals surface area contributed by atoms with Crippen molar-refractivity contribution in [3.8, 4) is 0 Å². The van der Waals surface area contributed by atoms with Crippen molar-refractivity contribution in [2.24, 2.45) is 5.92 Å². The third kappa shape index (κ3) is 3.15. The number of hydrogen-bond donors (Lipinski definition) is 0. The van der Waals surface area contributed by atoms with Crippen LogP contribution in [-0.4, -0.2) is 42.7 Å². The average molecular weight is 314 g/mol. The molecule has 2 saturated carbocycles. The standard InChI is InChI=1S/C16H30N2O2S/c1-17(15-10-3-2-4-11-15)21(19,20)18-13-7-12-16(18)14-8-5-6-9-14/h14-16H,2-13H2,1H3/t16-/m1/s1. The maximum atomic E-state index is 13.1. The number of rotatable bonds is 4. The second-order valence-electron chi connectivity index (χ2n) is 7.18. The second-order valence-corrected chi connectivity index (χ2v) is 9.12. The number of nitrogens with zero attached hydrogens (tertiary/aromatic N) is 2. The highest BCUT2D eigenvalue weighted by molar-refractivity contribution is 7.86. The summed E-state index contributed by atoms with van der Waals surface area (Å²) in [6, 6.07) is 0.511. The van der Waals surface area contributed by atoms with Gasteiger partial charge in [0.2, 0.25) is 0 Å². The van der Waals surface area contributed by atoms with Gasteiger partial charge in [-0.05, 0) is 44.4 Å². The predicted molar refractivity (Wildman–Crippen MR) is 85.2 cm³/mol. The third-order valence-corrected chi connectivity index (χ3v) is 8.01. The zero-order valence-electron chi connectivity index (χ0n) is 13.3. The zero-order valence-corrected chi connectivity index (χ0v) is 14.2. The minimum Gasteiger partial charge on any atom is -0.195 e. The van der Waals surface area contributed by atoms with E-state index in [1.54, 1.807) is 4.31 Å². The highest BCUT2D eigenvalue weighted by Crippen LogP contribution is 2.38. The fraction of sp³-hybridized carbons (Fsp3) is 1.00. The largest absolute Gasteiger partial charge is 0.282 e. The lowest BCUT2D eigenvalue weighted by Crippen LogP contribution is -2.50. The van der Waals surface area contributed by atoms with Crippen LogP contribution in [0.2, 0.25) is 0 Å². The van der Waals surface area contributed by atoms with Crippen molar-refractivity contribution in [2.45, 2.75) is 82.7 Å². The lowest BCUT2D eigenvalue weighted by molar-refractivity contribution is 0.236. The van der Waals surface area contributed by atoms with Gasteiger partial charge in [0.1, 0.15) is 0 Å². The van der Waals surface area contributed by atoms with Gasteiger partial charge in [-0.25, -0.2) is 0 Å². The van der Waals surface area contributed by atoms with E-state index in [-0.39, 0.29) is 12.1 Å². The minimum atomic E-state index is -3.26. The molecule has 4 nitrogen and oxygen atoms in total. The molecule has 1 aliphatic heterocycles. The van der Waals surface area contributed by atoms with Crippen LogP contribution in [0.4, 0.5) is 0 Å².